The van der Waals surface area contributed by atoms with Gasteiger partial charge in [-0.1, -0.05) is 12.6 Å². The van der Waals surface area contributed by atoms with Crippen LogP contribution in [0.3, 0.4) is 0 Å². The van der Waals surface area contributed by atoms with Crippen LogP contribution < -0.4 is 16.0 Å². The number of hydrogen-bond donors (Lipinski definition) is 3. The van der Waals surface area contributed by atoms with Crippen molar-refractivity contribution in [1.29, 1.82) is 0 Å². The maximum Gasteiger partial charge on any atom is 0.253 e. The molecular formula is C25H27N7O2. The van der Waals surface area contributed by atoms with E-state index in [0.717, 1.165) is 37.2 Å². The molecule has 9 heteroatoms. The van der Waals surface area contributed by atoms with Gasteiger partial charge in [0, 0.05) is 35.7 Å². The molecule has 0 spiro atoms. The van der Waals surface area contributed by atoms with Gasteiger partial charge in [0.15, 0.2) is 0 Å². The molecule has 0 atom stereocenters. The van der Waals surface area contributed by atoms with Gasteiger partial charge in [-0.25, -0.2) is 9.97 Å². The van der Waals surface area contributed by atoms with Gasteiger partial charge >= 0.3 is 0 Å². The molecule has 3 N–H and O–H groups in total. The first-order valence-electron chi connectivity index (χ1n) is 11.2. The molecule has 0 unspecified atom stereocenters. The van der Waals surface area contributed by atoms with Gasteiger partial charge in [0.05, 0.1) is 0 Å². The smallest absolute Gasteiger partial charge is 0.253 e. The van der Waals surface area contributed by atoms with Crippen molar-refractivity contribution < 1.29 is 9.59 Å². The van der Waals surface area contributed by atoms with Gasteiger partial charge in [0.2, 0.25) is 17.8 Å². The summed E-state index contributed by atoms with van der Waals surface area (Å²) >= 11 is 0. The maximum absolute atomic E-state index is 12.6. The SMILES string of the molecule is C=CC(=O)Nc1cc(Nc2ncnc(Nc3ccc(C(=O)N4CCCCC4)cc3)n2)ccc1C. The average Bonchev–Trinajstić information content (AvgIpc) is 2.87. The second-order valence-electron chi connectivity index (χ2n) is 8.04. The number of amides is 2. The number of nitrogens with zero attached hydrogens (tertiary/aromatic N) is 4. The van der Waals surface area contributed by atoms with Crippen molar-refractivity contribution in [2.75, 3.05) is 29.0 Å². The number of nitrogens with one attached hydrogen (secondary N) is 3. The highest BCUT2D eigenvalue weighted by molar-refractivity contribution is 5.99. The van der Waals surface area contributed by atoms with Crippen LogP contribution in [0.4, 0.5) is 29.0 Å². The minimum atomic E-state index is -0.282. The number of piperidine rings is 1. The monoisotopic (exact) mass is 457 g/mol. The molecule has 2 aromatic carbocycles. The highest BCUT2D eigenvalue weighted by Crippen LogP contribution is 2.23. The first kappa shape index (κ1) is 22.9. The van der Waals surface area contributed by atoms with Crippen molar-refractivity contribution >= 4 is 40.8 Å². The van der Waals surface area contributed by atoms with E-state index in [1.807, 2.05) is 48.2 Å². The van der Waals surface area contributed by atoms with Crippen LogP contribution >= 0.6 is 0 Å². The van der Waals surface area contributed by atoms with E-state index < -0.39 is 0 Å². The molecular weight excluding hydrogens is 430 g/mol. The molecule has 3 aromatic rings. The standard InChI is InChI=1S/C25H27N7O2/c1-3-22(33)30-21-15-20(10-7-17(21)2)29-25-27-16-26-24(31-25)28-19-11-8-18(9-12-19)23(34)32-13-5-4-6-14-32/h3,7-12,15-16H,1,4-6,13-14H2,2H3,(H,30,33)(H2,26,27,28,29,31). The Hall–Kier alpha value is -4.27. The molecule has 0 bridgehead atoms. The van der Waals surface area contributed by atoms with Crippen LogP contribution in [-0.4, -0.2) is 44.8 Å². The summed E-state index contributed by atoms with van der Waals surface area (Å²) in [6.07, 6.45) is 5.94. The minimum Gasteiger partial charge on any atom is -0.339 e. The number of likely N-dealkylation sites (tertiary alicyclic amines) is 1. The lowest BCUT2D eigenvalue weighted by Crippen LogP contribution is -2.35. The molecule has 0 radical (unpaired) electrons. The van der Waals surface area contributed by atoms with Crippen LogP contribution in [0, 0.1) is 6.92 Å². The normalized spacial score (nSPS) is 13.1. The molecule has 4 rings (SSSR count). The van der Waals surface area contributed by atoms with Crippen molar-refractivity contribution in [3.05, 3.63) is 72.6 Å². The quantitative estimate of drug-likeness (QED) is 0.450. The number of hydrogen-bond acceptors (Lipinski definition) is 7. The molecule has 1 aromatic heterocycles. The summed E-state index contributed by atoms with van der Waals surface area (Å²) in [6, 6.07) is 12.8. The third-order valence-corrected chi connectivity index (χ3v) is 5.54. The number of aryl methyl sites for hydroxylation is 1. The number of carbonyl (C=O) groups is 2. The molecule has 1 saturated heterocycles. The average molecular weight is 458 g/mol. The van der Waals surface area contributed by atoms with E-state index in [2.05, 4.69) is 37.5 Å². The Balaban J connectivity index is 1.42. The lowest BCUT2D eigenvalue weighted by Gasteiger charge is -2.26. The predicted octanol–water partition coefficient (Wildman–Crippen LogP) is 4.42. The van der Waals surface area contributed by atoms with Crippen LogP contribution in [0.5, 0.6) is 0 Å². The van der Waals surface area contributed by atoms with Gasteiger partial charge in [-0.15, -0.1) is 0 Å². The predicted molar refractivity (Wildman–Crippen MR) is 133 cm³/mol. The fourth-order valence-electron chi connectivity index (χ4n) is 3.67. The van der Waals surface area contributed by atoms with Gasteiger partial charge in [0.1, 0.15) is 6.33 Å². The molecule has 1 aliphatic heterocycles. The topological polar surface area (TPSA) is 112 Å². The van der Waals surface area contributed by atoms with Crippen LogP contribution in [0.2, 0.25) is 0 Å². The Kier molecular flexibility index (Phi) is 7.12. The van der Waals surface area contributed by atoms with E-state index in [1.165, 1.54) is 18.8 Å². The van der Waals surface area contributed by atoms with Crippen LogP contribution in [0.15, 0.2) is 61.4 Å². The van der Waals surface area contributed by atoms with E-state index in [1.54, 1.807) is 6.07 Å². The number of rotatable bonds is 7. The van der Waals surface area contributed by atoms with E-state index in [4.69, 9.17) is 0 Å². The molecule has 2 heterocycles. The molecule has 34 heavy (non-hydrogen) atoms. The van der Waals surface area contributed by atoms with E-state index >= 15 is 0 Å². The zero-order valence-electron chi connectivity index (χ0n) is 19.0. The molecule has 1 aliphatic rings. The molecule has 1 fully saturated rings. The van der Waals surface area contributed by atoms with Crippen molar-refractivity contribution in [3.8, 4) is 0 Å². The molecule has 0 saturated carbocycles. The van der Waals surface area contributed by atoms with Gasteiger partial charge in [0.25, 0.3) is 5.91 Å². The zero-order chi connectivity index (χ0) is 23.9. The summed E-state index contributed by atoms with van der Waals surface area (Å²) in [5.74, 6) is 0.495. The third kappa shape index (κ3) is 5.74. The van der Waals surface area contributed by atoms with Gasteiger partial charge < -0.3 is 20.9 Å². The highest BCUT2D eigenvalue weighted by atomic mass is 16.2. The summed E-state index contributed by atoms with van der Waals surface area (Å²) in [5, 5.41) is 9.03. The van der Waals surface area contributed by atoms with Crippen molar-refractivity contribution in [1.82, 2.24) is 19.9 Å². The van der Waals surface area contributed by atoms with Crippen LogP contribution in [-0.2, 0) is 4.79 Å². The largest absolute Gasteiger partial charge is 0.339 e. The fourth-order valence-corrected chi connectivity index (χ4v) is 3.67. The first-order valence-corrected chi connectivity index (χ1v) is 11.2. The summed E-state index contributed by atoms with van der Waals surface area (Å²) < 4.78 is 0. The second-order valence-corrected chi connectivity index (χ2v) is 8.04. The van der Waals surface area contributed by atoms with Gasteiger partial charge in [-0.2, -0.15) is 4.98 Å². The molecule has 2 amide bonds. The van der Waals surface area contributed by atoms with Crippen LogP contribution in [0.1, 0.15) is 35.2 Å². The third-order valence-electron chi connectivity index (χ3n) is 5.54. The van der Waals surface area contributed by atoms with Crippen molar-refractivity contribution in [2.45, 2.75) is 26.2 Å². The van der Waals surface area contributed by atoms with Crippen molar-refractivity contribution in [2.24, 2.45) is 0 Å². The maximum atomic E-state index is 12.6. The zero-order valence-corrected chi connectivity index (χ0v) is 19.0. The highest BCUT2D eigenvalue weighted by Gasteiger charge is 2.18. The van der Waals surface area contributed by atoms with E-state index in [-0.39, 0.29) is 11.8 Å². The Morgan fingerprint density at radius 3 is 2.26 bits per heavy atom. The molecule has 174 valence electrons. The van der Waals surface area contributed by atoms with Gasteiger partial charge in [-0.3, -0.25) is 9.59 Å². The first-order chi connectivity index (χ1) is 16.5. The minimum absolute atomic E-state index is 0.0691. The lowest BCUT2D eigenvalue weighted by molar-refractivity contribution is -0.111. The van der Waals surface area contributed by atoms with E-state index in [9.17, 15) is 9.59 Å². The Morgan fingerprint density at radius 1 is 0.941 bits per heavy atom. The summed E-state index contributed by atoms with van der Waals surface area (Å²) in [4.78, 5) is 38.9. The Morgan fingerprint density at radius 2 is 1.59 bits per heavy atom. The second kappa shape index (κ2) is 10.6. The summed E-state index contributed by atoms with van der Waals surface area (Å²) in [6.45, 7) is 7.02. The number of benzene rings is 2. The fraction of sp³-hybridized carbons (Fsp3) is 0.240. The number of carbonyl (C=O) groups excluding carboxylic acids is 2. The van der Waals surface area contributed by atoms with Gasteiger partial charge in [-0.05, 0) is 74.2 Å². The van der Waals surface area contributed by atoms with Crippen LogP contribution in [0.25, 0.3) is 0 Å². The summed E-state index contributed by atoms with van der Waals surface area (Å²) in [7, 11) is 0. The Labute approximate surface area is 198 Å². The lowest BCUT2D eigenvalue weighted by atomic mass is 10.1. The molecule has 9 nitrogen and oxygen atoms in total. The Bertz CT molecular complexity index is 1190. The number of anilines is 5. The molecule has 0 aliphatic carbocycles. The summed E-state index contributed by atoms with van der Waals surface area (Å²) in [5.41, 5.74) is 3.73. The number of aromatic nitrogens is 3. The van der Waals surface area contributed by atoms with E-state index in [0.29, 0.717) is 28.8 Å². The van der Waals surface area contributed by atoms with Crippen molar-refractivity contribution in [3.63, 3.8) is 0 Å².